The van der Waals surface area contributed by atoms with Gasteiger partial charge in [-0.3, -0.25) is 0 Å². The van der Waals surface area contributed by atoms with Gasteiger partial charge in [0.1, 0.15) is 11.4 Å². The van der Waals surface area contributed by atoms with E-state index in [0.717, 1.165) is 0 Å². The van der Waals surface area contributed by atoms with Crippen LogP contribution < -0.4 is 16.2 Å². The first-order chi connectivity index (χ1) is 9.51. The molecule has 0 heterocycles. The Labute approximate surface area is 126 Å². The van der Waals surface area contributed by atoms with Gasteiger partial charge in [-0.2, -0.15) is 0 Å². The molecule has 0 radical (unpaired) electrons. The van der Waals surface area contributed by atoms with Crippen molar-refractivity contribution < 1.29 is 18.6 Å². The predicted molar refractivity (Wildman–Crippen MR) is 80.1 cm³/mol. The minimum Gasteiger partial charge on any atom is -0.491 e. The molecule has 0 aliphatic heterocycles. The molecule has 0 unspecified atom stereocenters. The fourth-order valence-electron chi connectivity index (χ4n) is 1.61. The van der Waals surface area contributed by atoms with Crippen molar-refractivity contribution in [2.45, 2.75) is 26.6 Å². The summed E-state index contributed by atoms with van der Waals surface area (Å²) >= 11 is 3.06. The first-order valence-electron chi connectivity index (χ1n) is 6.40. The summed E-state index contributed by atoms with van der Waals surface area (Å²) in [4.78, 5) is 0. The van der Waals surface area contributed by atoms with Crippen LogP contribution in [0.5, 0.6) is 5.75 Å². The first kappa shape index (κ1) is 17.0. The maximum absolute atomic E-state index is 13.5. The second-order valence-electron chi connectivity index (χ2n) is 3.98. The van der Waals surface area contributed by atoms with Crippen molar-refractivity contribution in [2.24, 2.45) is 0 Å². The molecule has 1 rings (SSSR count). The largest absolute Gasteiger partial charge is 0.491 e. The number of anilines is 2. The number of ether oxygens (including phenoxy) is 3. The summed E-state index contributed by atoms with van der Waals surface area (Å²) in [6.07, 6.45) is 0.211. The van der Waals surface area contributed by atoms with Crippen molar-refractivity contribution in [1.82, 2.24) is 0 Å². The average molecular weight is 351 g/mol. The van der Waals surface area contributed by atoms with E-state index in [-0.39, 0.29) is 22.1 Å². The summed E-state index contributed by atoms with van der Waals surface area (Å²) in [5.41, 5.74) is 11.2. The van der Waals surface area contributed by atoms with E-state index in [1.807, 2.05) is 13.8 Å². The van der Waals surface area contributed by atoms with Gasteiger partial charge >= 0.3 is 0 Å². The molecular weight excluding hydrogens is 331 g/mol. The van der Waals surface area contributed by atoms with Crippen LogP contribution in [-0.2, 0) is 9.47 Å². The second kappa shape index (κ2) is 8.28. The van der Waals surface area contributed by atoms with Gasteiger partial charge < -0.3 is 25.7 Å². The molecule has 0 bridgehead atoms. The van der Waals surface area contributed by atoms with E-state index in [2.05, 4.69) is 15.9 Å². The van der Waals surface area contributed by atoms with Crippen LogP contribution in [0.15, 0.2) is 10.5 Å². The molecule has 1 aromatic carbocycles. The number of hydrogen-bond acceptors (Lipinski definition) is 5. The van der Waals surface area contributed by atoms with Gasteiger partial charge in [0.2, 0.25) is 0 Å². The quantitative estimate of drug-likeness (QED) is 0.556. The summed E-state index contributed by atoms with van der Waals surface area (Å²) in [5.74, 6) is -0.251. The van der Waals surface area contributed by atoms with Gasteiger partial charge in [0.05, 0.1) is 16.8 Å². The Bertz CT molecular complexity index is 440. The summed E-state index contributed by atoms with van der Waals surface area (Å²) in [7, 11) is 0. The highest BCUT2D eigenvalue weighted by atomic mass is 79.9. The van der Waals surface area contributed by atoms with Crippen molar-refractivity contribution in [3.05, 3.63) is 16.4 Å². The molecule has 0 amide bonds. The molecule has 0 aliphatic rings. The zero-order valence-corrected chi connectivity index (χ0v) is 13.2. The van der Waals surface area contributed by atoms with Gasteiger partial charge in [0, 0.05) is 19.6 Å². The smallest absolute Gasteiger partial charge is 0.162 e. The summed E-state index contributed by atoms with van der Waals surface area (Å²) in [6.45, 7) is 5.22. The number of rotatable bonds is 8. The Morgan fingerprint density at radius 1 is 1.20 bits per heavy atom. The van der Waals surface area contributed by atoms with Gasteiger partial charge in [-0.05, 0) is 35.8 Å². The molecule has 4 N–H and O–H groups in total. The van der Waals surface area contributed by atoms with E-state index in [1.165, 1.54) is 6.07 Å². The molecule has 0 aromatic heterocycles. The number of nitrogen functional groups attached to an aromatic ring is 2. The standard InChI is InChI=1S/C13H20BrFN2O3/c1-3-18-10(19-4-2)5-6-20-9-7-8(14)11(15)13(17)12(9)16/h7,10H,3-6,16-17H2,1-2H3. The lowest BCUT2D eigenvalue weighted by molar-refractivity contribution is -0.142. The maximum Gasteiger partial charge on any atom is 0.162 e. The van der Waals surface area contributed by atoms with Gasteiger partial charge in [0.25, 0.3) is 0 Å². The summed E-state index contributed by atoms with van der Waals surface area (Å²) < 4.78 is 30.0. The van der Waals surface area contributed by atoms with Gasteiger partial charge in [-0.15, -0.1) is 0 Å². The van der Waals surface area contributed by atoms with Crippen LogP contribution in [0.4, 0.5) is 15.8 Å². The Morgan fingerprint density at radius 3 is 2.35 bits per heavy atom. The number of halogens is 2. The molecule has 0 saturated carbocycles. The highest BCUT2D eigenvalue weighted by Gasteiger charge is 2.14. The molecular formula is C13H20BrFN2O3. The van der Waals surface area contributed by atoms with Crippen LogP contribution in [0, 0.1) is 5.82 Å². The second-order valence-corrected chi connectivity index (χ2v) is 4.83. The Hall–Kier alpha value is -1.05. The minimum atomic E-state index is -0.587. The number of benzene rings is 1. The lowest BCUT2D eigenvalue weighted by Gasteiger charge is -2.18. The van der Waals surface area contributed by atoms with Crippen LogP contribution >= 0.6 is 15.9 Å². The average Bonchev–Trinajstić information content (AvgIpc) is 2.42. The fraction of sp³-hybridized carbons (Fsp3) is 0.538. The van der Waals surface area contributed by atoms with Crippen LogP contribution in [0.1, 0.15) is 20.3 Å². The molecule has 5 nitrogen and oxygen atoms in total. The van der Waals surface area contributed by atoms with Crippen LogP contribution in [0.2, 0.25) is 0 Å². The van der Waals surface area contributed by atoms with E-state index in [0.29, 0.717) is 32.0 Å². The van der Waals surface area contributed by atoms with Crippen molar-refractivity contribution in [3.8, 4) is 5.75 Å². The summed E-state index contributed by atoms with van der Waals surface area (Å²) in [5, 5.41) is 0. The maximum atomic E-state index is 13.5. The summed E-state index contributed by atoms with van der Waals surface area (Å²) in [6, 6.07) is 1.46. The van der Waals surface area contributed by atoms with Crippen molar-refractivity contribution in [3.63, 3.8) is 0 Å². The van der Waals surface area contributed by atoms with Crippen molar-refractivity contribution in [1.29, 1.82) is 0 Å². The van der Waals surface area contributed by atoms with Crippen molar-refractivity contribution >= 4 is 27.3 Å². The Balaban J connectivity index is 2.61. The van der Waals surface area contributed by atoms with E-state index in [1.54, 1.807) is 0 Å². The van der Waals surface area contributed by atoms with Gasteiger partial charge in [0.15, 0.2) is 12.1 Å². The third kappa shape index (κ3) is 4.50. The molecule has 114 valence electrons. The molecule has 0 spiro atoms. The normalized spacial score (nSPS) is 11.1. The predicted octanol–water partition coefficient (Wildman–Crippen LogP) is 2.92. The third-order valence-electron chi connectivity index (χ3n) is 2.58. The highest BCUT2D eigenvalue weighted by Crippen LogP contribution is 2.35. The SMILES string of the molecule is CCOC(CCOc1cc(Br)c(F)c(N)c1N)OCC. The van der Waals surface area contributed by atoms with E-state index in [9.17, 15) is 4.39 Å². The molecule has 0 saturated heterocycles. The number of nitrogens with two attached hydrogens (primary N) is 2. The lowest BCUT2D eigenvalue weighted by Crippen LogP contribution is -2.20. The Kier molecular flexibility index (Phi) is 7.04. The van der Waals surface area contributed by atoms with Crippen LogP contribution in [0.25, 0.3) is 0 Å². The molecule has 0 atom stereocenters. The molecule has 7 heteroatoms. The zero-order valence-electron chi connectivity index (χ0n) is 11.6. The molecule has 0 fully saturated rings. The van der Waals surface area contributed by atoms with E-state index >= 15 is 0 Å². The topological polar surface area (TPSA) is 79.7 Å². The monoisotopic (exact) mass is 350 g/mol. The molecule has 0 aliphatic carbocycles. The zero-order chi connectivity index (χ0) is 15.1. The van der Waals surface area contributed by atoms with Gasteiger partial charge in [-0.1, -0.05) is 0 Å². The van der Waals surface area contributed by atoms with Crippen LogP contribution in [0.3, 0.4) is 0 Å². The molecule has 20 heavy (non-hydrogen) atoms. The third-order valence-corrected chi connectivity index (χ3v) is 3.15. The van der Waals surface area contributed by atoms with E-state index < -0.39 is 5.82 Å². The Morgan fingerprint density at radius 2 is 1.80 bits per heavy atom. The number of hydrogen-bond donors (Lipinski definition) is 2. The highest BCUT2D eigenvalue weighted by molar-refractivity contribution is 9.10. The van der Waals surface area contributed by atoms with Crippen molar-refractivity contribution in [2.75, 3.05) is 31.3 Å². The van der Waals surface area contributed by atoms with Crippen LogP contribution in [-0.4, -0.2) is 26.1 Å². The minimum absolute atomic E-state index is 0.0927. The fourth-order valence-corrected chi connectivity index (χ4v) is 2.03. The first-order valence-corrected chi connectivity index (χ1v) is 7.19. The molecule has 1 aromatic rings. The lowest BCUT2D eigenvalue weighted by atomic mass is 10.2. The van der Waals surface area contributed by atoms with Gasteiger partial charge in [-0.25, -0.2) is 4.39 Å². The van der Waals surface area contributed by atoms with E-state index in [4.69, 9.17) is 25.7 Å².